The Bertz CT molecular complexity index is 723. The highest BCUT2D eigenvalue weighted by atomic mass is 16.2. The van der Waals surface area contributed by atoms with Gasteiger partial charge in [-0.1, -0.05) is 33.1 Å². The molecule has 1 saturated heterocycles. The van der Waals surface area contributed by atoms with Crippen LogP contribution in [0.3, 0.4) is 0 Å². The molecule has 1 amide bonds. The number of Topliss-reactive ketones (excluding diaryl/α,β-unsaturated/α-hetero) is 2. The summed E-state index contributed by atoms with van der Waals surface area (Å²) in [7, 11) is 0. The van der Waals surface area contributed by atoms with Crippen molar-refractivity contribution in [1.82, 2.24) is 15.2 Å². The van der Waals surface area contributed by atoms with Gasteiger partial charge in [-0.2, -0.15) is 0 Å². The van der Waals surface area contributed by atoms with Crippen LogP contribution in [0.15, 0.2) is 0 Å². The van der Waals surface area contributed by atoms with Crippen LogP contribution in [0.25, 0.3) is 0 Å². The van der Waals surface area contributed by atoms with E-state index in [1.165, 1.54) is 12.8 Å². The van der Waals surface area contributed by atoms with Crippen LogP contribution in [-0.4, -0.2) is 53.5 Å². The monoisotopic (exact) mass is 403 g/mol. The lowest BCUT2D eigenvalue weighted by molar-refractivity contribution is -0.126. The number of nitrogens with one attached hydrogen (secondary N) is 2. The summed E-state index contributed by atoms with van der Waals surface area (Å²) < 4.78 is 0. The first kappa shape index (κ1) is 23.3. The number of H-pyrrole nitrogens is 1. The van der Waals surface area contributed by atoms with Gasteiger partial charge in [-0.25, -0.2) is 0 Å². The van der Waals surface area contributed by atoms with Crippen molar-refractivity contribution < 1.29 is 14.4 Å². The third-order valence-electron chi connectivity index (χ3n) is 5.85. The van der Waals surface area contributed by atoms with Crippen LogP contribution in [0.2, 0.25) is 0 Å². The Morgan fingerprint density at radius 1 is 1.17 bits per heavy atom. The zero-order valence-electron chi connectivity index (χ0n) is 18.5. The SMILES string of the molecule is CCCCCCNC(=O)C1CCCN(CC(=O)c2[nH]c(C)c(C(C)=O)c2CC)C1. The molecule has 2 N–H and O–H groups in total. The minimum atomic E-state index is -0.0495. The Kier molecular flexibility index (Phi) is 9.08. The van der Waals surface area contributed by atoms with Crippen molar-refractivity contribution in [2.45, 2.75) is 72.6 Å². The maximum absolute atomic E-state index is 12.9. The molecule has 1 aromatic heterocycles. The summed E-state index contributed by atoms with van der Waals surface area (Å²) >= 11 is 0. The quantitative estimate of drug-likeness (QED) is 0.436. The van der Waals surface area contributed by atoms with Crippen molar-refractivity contribution in [3.05, 3.63) is 22.5 Å². The van der Waals surface area contributed by atoms with Crippen molar-refractivity contribution in [3.8, 4) is 0 Å². The summed E-state index contributed by atoms with van der Waals surface area (Å²) in [4.78, 5) is 42.6. The van der Waals surface area contributed by atoms with Crippen LogP contribution in [0, 0.1) is 12.8 Å². The van der Waals surface area contributed by atoms with Gasteiger partial charge in [0, 0.05) is 24.3 Å². The molecular weight excluding hydrogens is 366 g/mol. The molecule has 0 bridgehead atoms. The van der Waals surface area contributed by atoms with Gasteiger partial charge in [0.15, 0.2) is 11.6 Å². The zero-order valence-corrected chi connectivity index (χ0v) is 18.5. The lowest BCUT2D eigenvalue weighted by atomic mass is 9.96. The Morgan fingerprint density at radius 3 is 2.59 bits per heavy atom. The van der Waals surface area contributed by atoms with Gasteiger partial charge in [-0.05, 0) is 51.6 Å². The van der Waals surface area contributed by atoms with Gasteiger partial charge in [0.2, 0.25) is 5.91 Å². The van der Waals surface area contributed by atoms with Crippen molar-refractivity contribution in [2.75, 3.05) is 26.2 Å². The van der Waals surface area contributed by atoms with Gasteiger partial charge in [0.25, 0.3) is 0 Å². The number of hydrogen-bond donors (Lipinski definition) is 2. The fourth-order valence-electron chi connectivity index (χ4n) is 4.35. The van der Waals surface area contributed by atoms with Crippen molar-refractivity contribution in [1.29, 1.82) is 0 Å². The number of aryl methyl sites for hydroxylation is 1. The summed E-state index contributed by atoms with van der Waals surface area (Å²) in [5.41, 5.74) is 2.78. The minimum absolute atomic E-state index is 0.00178. The number of rotatable bonds is 11. The van der Waals surface area contributed by atoms with Crippen LogP contribution in [0.5, 0.6) is 0 Å². The topological polar surface area (TPSA) is 82.3 Å². The van der Waals surface area contributed by atoms with Gasteiger partial charge in [0.05, 0.1) is 18.2 Å². The Morgan fingerprint density at radius 2 is 1.93 bits per heavy atom. The predicted molar refractivity (Wildman–Crippen MR) is 116 cm³/mol. The van der Waals surface area contributed by atoms with Crippen LogP contribution >= 0.6 is 0 Å². The highest BCUT2D eigenvalue weighted by molar-refractivity contribution is 6.04. The van der Waals surface area contributed by atoms with E-state index >= 15 is 0 Å². The molecule has 0 radical (unpaired) electrons. The molecule has 1 aliphatic rings. The molecule has 0 spiro atoms. The normalized spacial score (nSPS) is 17.3. The number of hydrogen-bond acceptors (Lipinski definition) is 4. The average Bonchev–Trinajstić information content (AvgIpc) is 3.04. The lowest BCUT2D eigenvalue weighted by Gasteiger charge is -2.31. The smallest absolute Gasteiger partial charge is 0.224 e. The number of aromatic amines is 1. The van der Waals surface area contributed by atoms with E-state index in [2.05, 4.69) is 22.1 Å². The highest BCUT2D eigenvalue weighted by Gasteiger charge is 2.28. The Labute approximate surface area is 174 Å². The second kappa shape index (κ2) is 11.3. The molecule has 0 aliphatic carbocycles. The van der Waals surface area contributed by atoms with Gasteiger partial charge in [0.1, 0.15) is 0 Å². The standard InChI is InChI=1S/C23H37N3O3/c1-5-7-8-9-12-24-23(29)18-11-10-13-26(14-18)15-20(28)22-19(6-2)21(17(4)27)16(3)25-22/h18,25H,5-15H2,1-4H3,(H,24,29). The number of aromatic nitrogens is 1. The summed E-state index contributed by atoms with van der Waals surface area (Å²) in [6, 6.07) is 0. The highest BCUT2D eigenvalue weighted by Crippen LogP contribution is 2.22. The number of nitrogens with zero attached hydrogens (tertiary/aromatic N) is 1. The second-order valence-corrected chi connectivity index (χ2v) is 8.24. The van der Waals surface area contributed by atoms with E-state index in [1.807, 2.05) is 13.8 Å². The maximum Gasteiger partial charge on any atom is 0.224 e. The third-order valence-corrected chi connectivity index (χ3v) is 5.85. The summed E-state index contributed by atoms with van der Waals surface area (Å²) in [6.45, 7) is 9.99. The Balaban J connectivity index is 1.93. The lowest BCUT2D eigenvalue weighted by Crippen LogP contribution is -2.45. The van der Waals surface area contributed by atoms with E-state index in [-0.39, 0.29) is 29.9 Å². The molecule has 1 unspecified atom stereocenters. The van der Waals surface area contributed by atoms with Crippen molar-refractivity contribution in [2.24, 2.45) is 5.92 Å². The molecule has 0 aromatic carbocycles. The average molecular weight is 404 g/mol. The summed E-state index contributed by atoms with van der Waals surface area (Å²) in [6.07, 6.45) is 7.01. The molecule has 6 nitrogen and oxygen atoms in total. The molecule has 1 aromatic rings. The number of ketones is 2. The van der Waals surface area contributed by atoms with Crippen LogP contribution in [0.4, 0.5) is 0 Å². The largest absolute Gasteiger partial charge is 0.356 e. The minimum Gasteiger partial charge on any atom is -0.356 e. The van der Waals surface area contributed by atoms with Crippen molar-refractivity contribution >= 4 is 17.5 Å². The molecule has 2 heterocycles. The molecule has 162 valence electrons. The molecule has 1 atom stereocenters. The van der Waals surface area contributed by atoms with Crippen LogP contribution in [-0.2, 0) is 11.2 Å². The van der Waals surface area contributed by atoms with E-state index < -0.39 is 0 Å². The molecule has 1 fully saturated rings. The van der Waals surface area contributed by atoms with Gasteiger partial charge >= 0.3 is 0 Å². The number of unbranched alkanes of at least 4 members (excludes halogenated alkanes) is 3. The number of likely N-dealkylation sites (tertiary alicyclic amines) is 1. The maximum atomic E-state index is 12.9. The molecule has 0 saturated carbocycles. The number of carbonyl (C=O) groups excluding carboxylic acids is 3. The van der Waals surface area contributed by atoms with Crippen LogP contribution in [0.1, 0.15) is 91.4 Å². The third kappa shape index (κ3) is 6.26. The van der Waals surface area contributed by atoms with E-state index in [0.717, 1.165) is 50.0 Å². The van der Waals surface area contributed by atoms with E-state index in [9.17, 15) is 14.4 Å². The molecule has 6 heteroatoms. The molecule has 29 heavy (non-hydrogen) atoms. The summed E-state index contributed by atoms with van der Waals surface area (Å²) in [5.74, 6) is 0.0513. The van der Waals surface area contributed by atoms with E-state index in [4.69, 9.17) is 0 Å². The fraction of sp³-hybridized carbons (Fsp3) is 0.696. The van der Waals surface area contributed by atoms with Crippen LogP contribution < -0.4 is 5.32 Å². The van der Waals surface area contributed by atoms with Crippen molar-refractivity contribution in [3.63, 3.8) is 0 Å². The van der Waals surface area contributed by atoms with Gasteiger partial charge in [-0.15, -0.1) is 0 Å². The predicted octanol–water partition coefficient (Wildman–Crippen LogP) is 3.68. The number of carbonyl (C=O) groups is 3. The first-order valence-electron chi connectivity index (χ1n) is 11.1. The van der Waals surface area contributed by atoms with E-state index in [0.29, 0.717) is 24.2 Å². The zero-order chi connectivity index (χ0) is 21.4. The van der Waals surface area contributed by atoms with Gasteiger partial charge in [-0.3, -0.25) is 19.3 Å². The fourth-order valence-corrected chi connectivity index (χ4v) is 4.35. The number of amides is 1. The Hall–Kier alpha value is -1.95. The molecule has 2 rings (SSSR count). The second-order valence-electron chi connectivity index (χ2n) is 8.24. The summed E-state index contributed by atoms with van der Waals surface area (Å²) in [5, 5.41) is 3.06. The first-order valence-corrected chi connectivity index (χ1v) is 11.1. The first-order chi connectivity index (χ1) is 13.9. The molecule has 1 aliphatic heterocycles. The molecular formula is C23H37N3O3. The van der Waals surface area contributed by atoms with E-state index in [1.54, 1.807) is 6.92 Å². The number of piperidine rings is 1. The van der Waals surface area contributed by atoms with Gasteiger partial charge < -0.3 is 10.3 Å².